The van der Waals surface area contributed by atoms with Crippen molar-refractivity contribution in [1.29, 1.82) is 0 Å². The molecule has 11 aromatic carbocycles. The van der Waals surface area contributed by atoms with E-state index in [2.05, 4.69) is 194 Å². The molecule has 82 heavy (non-hydrogen) atoms. The van der Waals surface area contributed by atoms with Crippen LogP contribution in [0.2, 0.25) is 0 Å². The van der Waals surface area contributed by atoms with Gasteiger partial charge in [-0.3, -0.25) is 0 Å². The summed E-state index contributed by atoms with van der Waals surface area (Å²) >= 11 is 0. The van der Waals surface area contributed by atoms with Crippen molar-refractivity contribution in [1.82, 2.24) is 19.9 Å². The van der Waals surface area contributed by atoms with Crippen LogP contribution in [0.5, 0.6) is 0 Å². The van der Waals surface area contributed by atoms with Crippen LogP contribution in [-0.4, -0.2) is 19.9 Å². The maximum Gasteiger partial charge on any atom is 0.160 e. The summed E-state index contributed by atoms with van der Waals surface area (Å²) in [6.45, 7) is 0. The molecule has 3 aliphatic carbocycles. The molecule has 6 nitrogen and oxygen atoms in total. The molecule has 15 aromatic rings. The van der Waals surface area contributed by atoms with Crippen molar-refractivity contribution in [2.24, 2.45) is 0 Å². The topological polar surface area (TPSA) is 77.8 Å². The van der Waals surface area contributed by atoms with Crippen molar-refractivity contribution in [2.75, 3.05) is 0 Å². The third-order valence-corrected chi connectivity index (χ3v) is 16.9. The number of furan rings is 2. The van der Waals surface area contributed by atoms with E-state index in [1.54, 1.807) is 0 Å². The minimum absolute atomic E-state index is 0.0321. The van der Waals surface area contributed by atoms with Gasteiger partial charge in [-0.05, 0) is 104 Å². The number of para-hydroxylation sites is 2. The molecule has 0 radical (unpaired) electrons. The number of aromatic nitrogens is 4. The van der Waals surface area contributed by atoms with Crippen LogP contribution >= 0.6 is 0 Å². The van der Waals surface area contributed by atoms with Crippen molar-refractivity contribution < 1.29 is 8.83 Å². The van der Waals surface area contributed by atoms with Gasteiger partial charge >= 0.3 is 0 Å². The fourth-order valence-corrected chi connectivity index (χ4v) is 13.1. The smallest absolute Gasteiger partial charge is 0.160 e. The quantitative estimate of drug-likeness (QED) is 0.151. The minimum Gasteiger partial charge on any atom is -0.456 e. The number of fused-ring (bicyclic) bond motifs is 6. The van der Waals surface area contributed by atoms with E-state index in [-0.39, 0.29) is 11.8 Å². The summed E-state index contributed by atoms with van der Waals surface area (Å²) in [4.78, 5) is 21.1. The minimum atomic E-state index is 0.0321. The van der Waals surface area contributed by atoms with E-state index in [0.29, 0.717) is 11.6 Å². The first-order chi connectivity index (χ1) is 40.6. The molecular formula is C76H46N4O2. The number of hydrogen-bond donors (Lipinski definition) is 0. The highest BCUT2D eigenvalue weighted by atomic mass is 16.3. The van der Waals surface area contributed by atoms with Crippen molar-refractivity contribution in [3.8, 4) is 90.1 Å². The Kier molecular flexibility index (Phi) is 10.3. The fourth-order valence-electron chi connectivity index (χ4n) is 13.1. The maximum absolute atomic E-state index is 6.26. The normalized spacial score (nSPS) is 14.1. The maximum atomic E-state index is 6.26. The number of hydrogen-bond acceptors (Lipinski definition) is 6. The first-order valence-electron chi connectivity index (χ1n) is 27.9. The van der Waals surface area contributed by atoms with Crippen LogP contribution in [-0.2, 0) is 0 Å². The Bertz CT molecular complexity index is 4720. The summed E-state index contributed by atoms with van der Waals surface area (Å²) in [5, 5.41) is 4.48. The van der Waals surface area contributed by atoms with Crippen molar-refractivity contribution in [3.05, 3.63) is 300 Å². The van der Waals surface area contributed by atoms with E-state index >= 15 is 0 Å². The predicted octanol–water partition coefficient (Wildman–Crippen LogP) is 19.4. The van der Waals surface area contributed by atoms with Gasteiger partial charge in [0, 0.05) is 66.8 Å². The SMILES string of the molecule is c1ccc(-c2nc(-c3ccc(-c4cccc5oc6ccccc6c45)cc3)cc(-c3ccc4c(c3)C3c5ccccc5C4c4cc(-c5cc(-c6ccc(-c7cccc8oc9ccccc9c78)cc6)nc(-c6ccccc6)n5)ccc43)n2)cc1. The molecule has 0 fully saturated rings. The van der Waals surface area contributed by atoms with E-state index in [9.17, 15) is 0 Å². The molecule has 2 bridgehead atoms. The Morgan fingerprint density at radius 1 is 0.232 bits per heavy atom. The molecule has 0 saturated heterocycles. The van der Waals surface area contributed by atoms with E-state index in [4.69, 9.17) is 28.8 Å². The van der Waals surface area contributed by atoms with Gasteiger partial charge in [-0.25, -0.2) is 19.9 Å². The Hall–Kier alpha value is -10.8. The second kappa shape index (κ2) is 18.4. The molecule has 0 saturated carbocycles. The van der Waals surface area contributed by atoms with Crippen LogP contribution in [0.25, 0.3) is 134 Å². The molecule has 4 aromatic heterocycles. The number of benzene rings is 11. The predicted molar refractivity (Wildman–Crippen MR) is 330 cm³/mol. The Labute approximate surface area is 472 Å². The molecule has 4 heterocycles. The van der Waals surface area contributed by atoms with Gasteiger partial charge in [0.05, 0.1) is 22.8 Å². The molecule has 6 heteroatoms. The first-order valence-corrected chi connectivity index (χ1v) is 27.9. The van der Waals surface area contributed by atoms with Crippen LogP contribution < -0.4 is 0 Å². The van der Waals surface area contributed by atoms with Gasteiger partial charge in [0.15, 0.2) is 11.6 Å². The molecule has 3 aliphatic rings. The molecule has 0 spiro atoms. The lowest BCUT2D eigenvalue weighted by atomic mass is 9.60. The van der Waals surface area contributed by atoms with Gasteiger partial charge in [-0.15, -0.1) is 0 Å². The van der Waals surface area contributed by atoms with E-state index in [0.717, 1.165) is 122 Å². The van der Waals surface area contributed by atoms with Crippen LogP contribution in [0.15, 0.2) is 276 Å². The highest BCUT2D eigenvalue weighted by molar-refractivity contribution is 6.13. The van der Waals surface area contributed by atoms with Crippen LogP contribution in [0.1, 0.15) is 45.2 Å². The zero-order valence-electron chi connectivity index (χ0n) is 44.2. The van der Waals surface area contributed by atoms with Gasteiger partial charge in [0.2, 0.25) is 0 Å². The van der Waals surface area contributed by atoms with E-state index in [1.807, 2.05) is 72.8 Å². The standard InChI is InChI=1S/C76H46N4O2/c1-3-15-49(16-4-1)75-77-63(47-33-29-45(30-34-47)53-23-13-27-69-73(53)59-21-9-11-25-67(59)81-69)43-65(79-75)51-37-39-57-61(41-51)71-55-19-7-8-20-56(55)72(57)62-42-52(38-40-58(62)71)66-44-64(78-76(80-66)50-17-5-2-6-18-50)48-35-31-46(32-36-48)54-24-14-28-70-74(54)60-22-10-12-26-68(60)82-70/h1-44,71-72H. The largest absolute Gasteiger partial charge is 0.456 e. The van der Waals surface area contributed by atoms with Crippen LogP contribution in [0.3, 0.4) is 0 Å². The summed E-state index contributed by atoms with van der Waals surface area (Å²) in [6, 6.07) is 94.5. The third-order valence-electron chi connectivity index (χ3n) is 16.9. The molecule has 2 unspecified atom stereocenters. The highest BCUT2D eigenvalue weighted by Crippen LogP contribution is 2.57. The summed E-state index contributed by atoms with van der Waals surface area (Å²) < 4.78 is 12.5. The Morgan fingerprint density at radius 2 is 0.573 bits per heavy atom. The van der Waals surface area contributed by atoms with Crippen molar-refractivity contribution in [2.45, 2.75) is 11.8 Å². The monoisotopic (exact) mass is 1050 g/mol. The second-order valence-corrected chi connectivity index (χ2v) is 21.5. The molecule has 0 amide bonds. The van der Waals surface area contributed by atoms with Crippen LogP contribution in [0, 0.1) is 0 Å². The van der Waals surface area contributed by atoms with E-state index < -0.39 is 0 Å². The van der Waals surface area contributed by atoms with Gasteiger partial charge < -0.3 is 8.83 Å². The van der Waals surface area contributed by atoms with Gasteiger partial charge in [-0.2, -0.15) is 0 Å². The van der Waals surface area contributed by atoms with Crippen molar-refractivity contribution in [3.63, 3.8) is 0 Å². The second-order valence-electron chi connectivity index (χ2n) is 21.5. The molecule has 382 valence electrons. The Morgan fingerprint density at radius 3 is 1.01 bits per heavy atom. The zero-order chi connectivity index (χ0) is 53.8. The lowest BCUT2D eigenvalue weighted by Crippen LogP contribution is -2.27. The Balaban J connectivity index is 0.743. The number of nitrogens with zero attached hydrogens (tertiary/aromatic N) is 4. The first kappa shape index (κ1) is 46.1. The van der Waals surface area contributed by atoms with Crippen LogP contribution in [0.4, 0.5) is 0 Å². The fraction of sp³-hybridized carbons (Fsp3) is 0.0263. The lowest BCUT2D eigenvalue weighted by Gasteiger charge is -2.42. The molecule has 0 N–H and O–H groups in total. The molecule has 2 atom stereocenters. The lowest BCUT2D eigenvalue weighted by molar-refractivity contribution is 0.668. The summed E-state index contributed by atoms with van der Waals surface area (Å²) in [5.41, 5.74) is 25.6. The summed E-state index contributed by atoms with van der Waals surface area (Å²) in [5.74, 6) is 1.44. The van der Waals surface area contributed by atoms with Crippen molar-refractivity contribution >= 4 is 43.9 Å². The average molecular weight is 1050 g/mol. The average Bonchev–Trinajstić information content (AvgIpc) is 4.06. The molecular weight excluding hydrogens is 1000 g/mol. The van der Waals surface area contributed by atoms with Gasteiger partial charge in [0.1, 0.15) is 22.3 Å². The highest BCUT2D eigenvalue weighted by Gasteiger charge is 2.41. The number of rotatable bonds is 8. The summed E-state index contributed by atoms with van der Waals surface area (Å²) in [6.07, 6.45) is 0. The third kappa shape index (κ3) is 7.42. The summed E-state index contributed by atoms with van der Waals surface area (Å²) in [7, 11) is 0. The van der Waals surface area contributed by atoms with E-state index in [1.165, 1.54) is 33.4 Å². The van der Waals surface area contributed by atoms with Gasteiger partial charge in [0.25, 0.3) is 0 Å². The molecule has 0 aliphatic heterocycles. The molecule has 18 rings (SSSR count). The zero-order valence-corrected chi connectivity index (χ0v) is 44.2. The van der Waals surface area contributed by atoms with Gasteiger partial charge in [-0.1, -0.05) is 218 Å².